The first kappa shape index (κ1) is 16.4. The molecule has 0 aliphatic rings. The maximum absolute atomic E-state index is 11.7. The fraction of sp³-hybridized carbons (Fsp3) is 0.300. The van der Waals surface area contributed by atoms with Crippen LogP contribution in [0, 0.1) is 0 Å². The number of aliphatic carboxylic acids is 1. The maximum atomic E-state index is 11.7. The molecule has 1 aromatic carbocycles. The number of sulfonamides is 2. The van der Waals surface area contributed by atoms with Gasteiger partial charge in [0.1, 0.15) is 0 Å². The van der Waals surface area contributed by atoms with Crippen LogP contribution >= 0.6 is 0 Å². The van der Waals surface area contributed by atoms with Gasteiger partial charge in [0, 0.05) is 5.69 Å². The average Bonchev–Trinajstić information content (AvgIpc) is 2.37. The summed E-state index contributed by atoms with van der Waals surface area (Å²) < 4.78 is 50.7. The van der Waals surface area contributed by atoms with Crippen molar-refractivity contribution in [2.75, 3.05) is 11.8 Å². The van der Waals surface area contributed by atoms with Gasteiger partial charge in [-0.1, -0.05) is 6.07 Å². The molecule has 0 heterocycles. The number of hydrogen-bond donors (Lipinski definition) is 3. The first-order valence-electron chi connectivity index (χ1n) is 5.38. The molecule has 0 amide bonds. The van der Waals surface area contributed by atoms with Gasteiger partial charge in [-0.2, -0.15) is 0 Å². The molecular weight excluding hydrogens is 308 g/mol. The highest BCUT2D eigenvalue weighted by molar-refractivity contribution is 7.94. The van der Waals surface area contributed by atoms with E-state index in [1.807, 2.05) is 4.72 Å². The molecule has 0 saturated carbocycles. The third kappa shape index (κ3) is 3.68. The van der Waals surface area contributed by atoms with Gasteiger partial charge in [0.15, 0.2) is 5.25 Å². The number of carbonyl (C=O) groups is 1. The van der Waals surface area contributed by atoms with Gasteiger partial charge in [-0.15, -0.1) is 0 Å². The van der Waals surface area contributed by atoms with Crippen molar-refractivity contribution in [3.63, 3.8) is 0 Å². The number of carboxylic acids is 1. The van der Waals surface area contributed by atoms with Crippen molar-refractivity contribution in [3.8, 4) is 0 Å². The zero-order valence-corrected chi connectivity index (χ0v) is 12.3. The quantitative estimate of drug-likeness (QED) is 0.665. The van der Waals surface area contributed by atoms with Crippen LogP contribution in [-0.2, 0) is 24.8 Å². The number of hydrogen-bond acceptors (Lipinski definition) is 5. The monoisotopic (exact) mass is 322 g/mol. The van der Waals surface area contributed by atoms with E-state index in [2.05, 4.69) is 4.72 Å². The predicted octanol–water partition coefficient (Wildman–Crippen LogP) is -0.190. The molecule has 1 atom stereocenters. The average molecular weight is 322 g/mol. The van der Waals surface area contributed by atoms with Crippen molar-refractivity contribution in [1.29, 1.82) is 0 Å². The standard InChI is InChI=1S/C10H14N2O6S2/c1-7(10(13)14)19(15,16)12-8-4-3-5-9(6-8)20(17,18)11-2/h3-7,11-12H,1-2H3,(H,13,14). The first-order chi connectivity index (χ1) is 9.10. The summed E-state index contributed by atoms with van der Waals surface area (Å²) in [5.74, 6) is -1.50. The normalized spacial score (nSPS) is 13.7. The number of nitrogens with one attached hydrogen (secondary N) is 2. The minimum Gasteiger partial charge on any atom is -0.480 e. The Labute approximate surface area is 116 Å². The van der Waals surface area contributed by atoms with E-state index in [0.29, 0.717) is 0 Å². The van der Waals surface area contributed by atoms with Crippen molar-refractivity contribution < 1.29 is 26.7 Å². The molecule has 0 spiro atoms. The highest BCUT2D eigenvalue weighted by atomic mass is 32.2. The van der Waals surface area contributed by atoms with Crippen LogP contribution in [0.3, 0.4) is 0 Å². The molecule has 3 N–H and O–H groups in total. The van der Waals surface area contributed by atoms with Crippen LogP contribution in [0.2, 0.25) is 0 Å². The number of anilines is 1. The number of rotatable bonds is 6. The Bertz CT molecular complexity index is 711. The van der Waals surface area contributed by atoms with Crippen LogP contribution in [0.15, 0.2) is 29.2 Å². The molecule has 0 aromatic heterocycles. The van der Waals surface area contributed by atoms with Gasteiger partial charge in [-0.05, 0) is 32.2 Å². The molecule has 1 unspecified atom stereocenters. The van der Waals surface area contributed by atoms with E-state index < -0.39 is 31.3 Å². The van der Waals surface area contributed by atoms with Gasteiger partial charge < -0.3 is 5.11 Å². The summed E-state index contributed by atoms with van der Waals surface area (Å²) in [6.07, 6.45) is 0. The van der Waals surface area contributed by atoms with Crippen molar-refractivity contribution in [2.45, 2.75) is 17.1 Å². The van der Waals surface area contributed by atoms with E-state index in [1.54, 1.807) is 0 Å². The Balaban J connectivity index is 3.13. The van der Waals surface area contributed by atoms with Crippen LogP contribution < -0.4 is 9.44 Å². The van der Waals surface area contributed by atoms with E-state index in [0.717, 1.165) is 13.0 Å². The minimum atomic E-state index is -4.15. The summed E-state index contributed by atoms with van der Waals surface area (Å²) in [6.45, 7) is 1.01. The molecule has 1 aromatic rings. The molecule has 1 rings (SSSR count). The largest absolute Gasteiger partial charge is 0.480 e. The SMILES string of the molecule is CNS(=O)(=O)c1cccc(NS(=O)(=O)C(C)C(=O)O)c1. The summed E-state index contributed by atoms with van der Waals surface area (Å²) in [5, 5.41) is 7.03. The van der Waals surface area contributed by atoms with E-state index in [4.69, 9.17) is 5.11 Å². The smallest absolute Gasteiger partial charge is 0.323 e. The number of carboxylic acid groups (broad SMARTS) is 1. The van der Waals surface area contributed by atoms with E-state index in [-0.39, 0.29) is 10.6 Å². The van der Waals surface area contributed by atoms with Gasteiger partial charge in [-0.3, -0.25) is 9.52 Å². The summed E-state index contributed by atoms with van der Waals surface area (Å²) in [7, 11) is -6.64. The molecule has 20 heavy (non-hydrogen) atoms. The third-order valence-corrected chi connectivity index (χ3v) is 5.55. The Morgan fingerprint density at radius 3 is 2.35 bits per heavy atom. The molecule has 0 aliphatic carbocycles. The fourth-order valence-corrected chi connectivity index (χ4v) is 2.90. The van der Waals surface area contributed by atoms with Crippen LogP contribution in [0.4, 0.5) is 5.69 Å². The lowest BCUT2D eigenvalue weighted by Crippen LogP contribution is -2.32. The third-order valence-electron chi connectivity index (χ3n) is 2.49. The van der Waals surface area contributed by atoms with Crippen molar-refractivity contribution in [3.05, 3.63) is 24.3 Å². The van der Waals surface area contributed by atoms with Gasteiger partial charge in [0.2, 0.25) is 20.0 Å². The summed E-state index contributed by atoms with van der Waals surface area (Å²) in [6, 6.07) is 5.04. The van der Waals surface area contributed by atoms with Gasteiger partial charge in [-0.25, -0.2) is 21.6 Å². The van der Waals surface area contributed by atoms with E-state index in [1.165, 1.54) is 25.2 Å². The van der Waals surface area contributed by atoms with Gasteiger partial charge >= 0.3 is 5.97 Å². The van der Waals surface area contributed by atoms with Crippen LogP contribution in [0.5, 0.6) is 0 Å². The molecule has 0 bridgehead atoms. The van der Waals surface area contributed by atoms with Crippen molar-refractivity contribution in [1.82, 2.24) is 4.72 Å². The number of benzene rings is 1. The topological polar surface area (TPSA) is 130 Å². The highest BCUT2D eigenvalue weighted by Gasteiger charge is 2.27. The van der Waals surface area contributed by atoms with Gasteiger partial charge in [0.05, 0.1) is 4.90 Å². The second kappa shape index (κ2) is 5.77. The highest BCUT2D eigenvalue weighted by Crippen LogP contribution is 2.17. The molecule has 0 fully saturated rings. The molecule has 112 valence electrons. The zero-order valence-electron chi connectivity index (χ0n) is 10.7. The fourth-order valence-electron chi connectivity index (χ4n) is 1.23. The van der Waals surface area contributed by atoms with Gasteiger partial charge in [0.25, 0.3) is 0 Å². The molecule has 0 radical (unpaired) electrons. The molecule has 0 aliphatic heterocycles. The predicted molar refractivity (Wildman–Crippen MR) is 72.3 cm³/mol. The van der Waals surface area contributed by atoms with Crippen LogP contribution in [0.25, 0.3) is 0 Å². The maximum Gasteiger partial charge on any atom is 0.323 e. The van der Waals surface area contributed by atoms with Crippen molar-refractivity contribution >= 4 is 31.7 Å². The molecule has 8 nitrogen and oxygen atoms in total. The van der Waals surface area contributed by atoms with Crippen LogP contribution in [0.1, 0.15) is 6.92 Å². The second-order valence-corrected chi connectivity index (χ2v) is 7.75. The molecular formula is C10H14N2O6S2. The molecule has 0 saturated heterocycles. The lowest BCUT2D eigenvalue weighted by atomic mass is 10.3. The van der Waals surface area contributed by atoms with E-state index in [9.17, 15) is 21.6 Å². The van der Waals surface area contributed by atoms with Crippen LogP contribution in [-0.4, -0.2) is 40.2 Å². The minimum absolute atomic E-state index is 0.0329. The second-order valence-electron chi connectivity index (χ2n) is 3.86. The summed E-state index contributed by atoms with van der Waals surface area (Å²) in [5.41, 5.74) is -0.0329. The molecule has 10 heteroatoms. The Morgan fingerprint density at radius 2 is 1.85 bits per heavy atom. The Hall–Kier alpha value is -1.65. The zero-order chi connectivity index (χ0) is 15.6. The Morgan fingerprint density at radius 1 is 1.25 bits per heavy atom. The van der Waals surface area contributed by atoms with E-state index >= 15 is 0 Å². The van der Waals surface area contributed by atoms with Crippen molar-refractivity contribution in [2.24, 2.45) is 0 Å². The lowest BCUT2D eigenvalue weighted by molar-refractivity contribution is -0.136. The summed E-state index contributed by atoms with van der Waals surface area (Å²) in [4.78, 5) is 10.5. The summed E-state index contributed by atoms with van der Waals surface area (Å²) >= 11 is 0. The first-order valence-corrected chi connectivity index (χ1v) is 8.41. The Kier molecular flexibility index (Phi) is 4.73. The lowest BCUT2D eigenvalue weighted by Gasteiger charge is -2.12.